The Labute approximate surface area is 105 Å². The molecule has 0 aliphatic carbocycles. The van der Waals surface area contributed by atoms with Gasteiger partial charge in [-0.15, -0.1) is 11.3 Å². The van der Waals surface area contributed by atoms with Crippen LogP contribution in [0.3, 0.4) is 0 Å². The van der Waals surface area contributed by atoms with Crippen molar-refractivity contribution >= 4 is 49.0 Å². The van der Waals surface area contributed by atoms with Gasteiger partial charge in [0.2, 0.25) is 0 Å². The maximum atomic E-state index is 6.09. The van der Waals surface area contributed by atoms with E-state index in [1.54, 1.807) is 25.6 Å². The molecule has 0 atom stereocenters. The van der Waals surface area contributed by atoms with Gasteiger partial charge in [0.05, 0.1) is 23.9 Å². The summed E-state index contributed by atoms with van der Waals surface area (Å²) in [7, 11) is 3.24. The highest BCUT2D eigenvalue weighted by Crippen LogP contribution is 2.46. The second kappa shape index (κ2) is 4.20. The lowest BCUT2D eigenvalue weighted by molar-refractivity contribution is 0.359. The van der Waals surface area contributed by atoms with Crippen LogP contribution in [0.2, 0.25) is 5.02 Å². The average molecular weight is 308 g/mol. The van der Waals surface area contributed by atoms with Crippen LogP contribution in [0.5, 0.6) is 11.5 Å². The second-order valence-electron chi connectivity index (χ2n) is 2.88. The molecule has 5 heteroatoms. The first-order chi connectivity index (χ1) is 7.19. The molecule has 0 N–H and O–H groups in total. The van der Waals surface area contributed by atoms with Crippen LogP contribution in [0.1, 0.15) is 0 Å². The molecule has 1 aromatic carbocycles. The van der Waals surface area contributed by atoms with Crippen LogP contribution in [0.4, 0.5) is 0 Å². The van der Waals surface area contributed by atoms with Gasteiger partial charge in [0, 0.05) is 15.2 Å². The van der Waals surface area contributed by atoms with Gasteiger partial charge in [-0.3, -0.25) is 0 Å². The molecule has 0 amide bonds. The SMILES string of the molecule is COc1cc(Br)c2c(Cl)csc2c1OC. The maximum absolute atomic E-state index is 6.09. The molecule has 1 heterocycles. The van der Waals surface area contributed by atoms with Crippen LogP contribution >= 0.6 is 38.9 Å². The normalized spacial score (nSPS) is 10.7. The van der Waals surface area contributed by atoms with Gasteiger partial charge in [-0.2, -0.15) is 0 Å². The Morgan fingerprint density at radius 2 is 2.07 bits per heavy atom. The van der Waals surface area contributed by atoms with Crippen LogP contribution in [-0.2, 0) is 0 Å². The van der Waals surface area contributed by atoms with Crippen molar-refractivity contribution in [2.24, 2.45) is 0 Å². The molecule has 0 fully saturated rings. The van der Waals surface area contributed by atoms with E-state index in [9.17, 15) is 0 Å². The summed E-state index contributed by atoms with van der Waals surface area (Å²) in [6, 6.07) is 1.86. The van der Waals surface area contributed by atoms with Gasteiger partial charge in [-0.1, -0.05) is 11.6 Å². The Kier molecular flexibility index (Phi) is 3.09. The number of rotatable bonds is 2. The first-order valence-electron chi connectivity index (χ1n) is 4.16. The lowest BCUT2D eigenvalue weighted by Crippen LogP contribution is -1.90. The zero-order valence-electron chi connectivity index (χ0n) is 8.14. The van der Waals surface area contributed by atoms with Gasteiger partial charge in [-0.05, 0) is 22.0 Å². The summed E-state index contributed by atoms with van der Waals surface area (Å²) in [6.45, 7) is 0. The van der Waals surface area contributed by atoms with Crippen LogP contribution in [0.25, 0.3) is 10.1 Å². The fourth-order valence-corrected chi connectivity index (χ4v) is 3.66. The van der Waals surface area contributed by atoms with Gasteiger partial charge < -0.3 is 9.47 Å². The predicted octanol–water partition coefficient (Wildman–Crippen LogP) is 4.33. The fourth-order valence-electron chi connectivity index (χ4n) is 1.44. The zero-order chi connectivity index (χ0) is 11.0. The summed E-state index contributed by atoms with van der Waals surface area (Å²) >= 11 is 11.1. The van der Waals surface area contributed by atoms with Gasteiger partial charge in [0.25, 0.3) is 0 Å². The van der Waals surface area contributed by atoms with Crippen molar-refractivity contribution in [3.05, 3.63) is 20.9 Å². The molecule has 0 saturated heterocycles. The first-order valence-corrected chi connectivity index (χ1v) is 6.21. The third-order valence-electron chi connectivity index (χ3n) is 2.10. The predicted molar refractivity (Wildman–Crippen MR) is 67.6 cm³/mol. The van der Waals surface area contributed by atoms with Crippen LogP contribution in [0, 0.1) is 0 Å². The first kappa shape index (κ1) is 11.0. The molecule has 1 aromatic heterocycles. The van der Waals surface area contributed by atoms with Crippen molar-refractivity contribution in [2.75, 3.05) is 14.2 Å². The summed E-state index contributed by atoms with van der Waals surface area (Å²) in [5.41, 5.74) is 0. The van der Waals surface area contributed by atoms with E-state index >= 15 is 0 Å². The molecule has 80 valence electrons. The molecule has 2 aromatic rings. The molecule has 0 bridgehead atoms. The van der Waals surface area contributed by atoms with Crippen LogP contribution in [-0.4, -0.2) is 14.2 Å². The second-order valence-corrected chi connectivity index (χ2v) is 5.02. The van der Waals surface area contributed by atoms with E-state index < -0.39 is 0 Å². The third kappa shape index (κ3) is 1.71. The fraction of sp³-hybridized carbons (Fsp3) is 0.200. The van der Waals surface area contributed by atoms with Crippen molar-refractivity contribution < 1.29 is 9.47 Å². The van der Waals surface area contributed by atoms with Gasteiger partial charge in [0.15, 0.2) is 11.5 Å². The topological polar surface area (TPSA) is 18.5 Å². The maximum Gasteiger partial charge on any atom is 0.178 e. The van der Waals surface area contributed by atoms with Crippen molar-refractivity contribution in [2.45, 2.75) is 0 Å². The molecule has 0 aliphatic rings. The number of halogens is 2. The quantitative estimate of drug-likeness (QED) is 0.822. The van der Waals surface area contributed by atoms with Crippen molar-refractivity contribution in [3.63, 3.8) is 0 Å². The van der Waals surface area contributed by atoms with Gasteiger partial charge in [-0.25, -0.2) is 0 Å². The molecule has 0 radical (unpaired) electrons. The Morgan fingerprint density at radius 1 is 1.33 bits per heavy atom. The molecule has 2 rings (SSSR count). The summed E-state index contributed by atoms with van der Waals surface area (Å²) in [4.78, 5) is 0. The molecule has 0 spiro atoms. The number of ether oxygens (including phenoxy) is 2. The van der Waals surface area contributed by atoms with Crippen molar-refractivity contribution in [1.82, 2.24) is 0 Å². The molecule has 15 heavy (non-hydrogen) atoms. The number of hydrogen-bond donors (Lipinski definition) is 0. The molecule has 0 unspecified atom stereocenters. The van der Waals surface area contributed by atoms with E-state index in [2.05, 4.69) is 15.9 Å². The highest BCUT2D eigenvalue weighted by Gasteiger charge is 2.16. The Hall–Kier alpha value is -0.450. The molecular formula is C10H8BrClO2S. The van der Waals surface area contributed by atoms with Crippen LogP contribution < -0.4 is 9.47 Å². The monoisotopic (exact) mass is 306 g/mol. The molecule has 2 nitrogen and oxygen atoms in total. The lowest BCUT2D eigenvalue weighted by Gasteiger charge is -2.09. The number of thiophene rings is 1. The average Bonchev–Trinajstić information content (AvgIpc) is 2.61. The van der Waals surface area contributed by atoms with Crippen molar-refractivity contribution in [1.29, 1.82) is 0 Å². The van der Waals surface area contributed by atoms with Gasteiger partial charge in [0.1, 0.15) is 0 Å². The summed E-state index contributed by atoms with van der Waals surface area (Å²) in [5, 5.41) is 3.58. The zero-order valence-corrected chi connectivity index (χ0v) is 11.3. The van der Waals surface area contributed by atoms with E-state index in [4.69, 9.17) is 21.1 Å². The third-order valence-corrected chi connectivity index (χ3v) is 4.13. The van der Waals surface area contributed by atoms with E-state index in [1.807, 2.05) is 11.4 Å². The molecular weight excluding hydrogens is 300 g/mol. The van der Waals surface area contributed by atoms with Crippen molar-refractivity contribution in [3.8, 4) is 11.5 Å². The molecule has 0 saturated carbocycles. The standard InChI is InChI=1S/C10H8BrClO2S/c1-13-7-3-5(11)8-6(12)4-15-10(8)9(7)14-2/h3-4H,1-2H3. The number of hydrogen-bond acceptors (Lipinski definition) is 3. The summed E-state index contributed by atoms with van der Waals surface area (Å²) < 4.78 is 12.5. The van der Waals surface area contributed by atoms with E-state index in [-0.39, 0.29) is 0 Å². The Morgan fingerprint density at radius 3 is 2.67 bits per heavy atom. The summed E-state index contributed by atoms with van der Waals surface area (Å²) in [5.74, 6) is 1.43. The van der Waals surface area contributed by atoms with E-state index in [1.165, 1.54) is 0 Å². The van der Waals surface area contributed by atoms with Gasteiger partial charge >= 0.3 is 0 Å². The van der Waals surface area contributed by atoms with Crippen LogP contribution in [0.15, 0.2) is 15.9 Å². The van der Waals surface area contributed by atoms with E-state index in [0.717, 1.165) is 25.3 Å². The lowest BCUT2D eigenvalue weighted by atomic mass is 10.2. The Balaban J connectivity index is 2.86. The number of methoxy groups -OCH3 is 2. The highest BCUT2D eigenvalue weighted by molar-refractivity contribution is 9.10. The number of fused-ring (bicyclic) bond motifs is 1. The number of benzene rings is 1. The highest BCUT2D eigenvalue weighted by atomic mass is 79.9. The minimum atomic E-state index is 0.704. The smallest absolute Gasteiger partial charge is 0.178 e. The van der Waals surface area contributed by atoms with E-state index in [0.29, 0.717) is 5.75 Å². The molecule has 0 aliphatic heterocycles. The summed E-state index contributed by atoms with van der Waals surface area (Å²) in [6.07, 6.45) is 0. The minimum Gasteiger partial charge on any atom is -0.493 e. The minimum absolute atomic E-state index is 0.704. The largest absolute Gasteiger partial charge is 0.493 e. The Bertz CT molecular complexity index is 510.